The Bertz CT molecular complexity index is 989. The SMILES string of the molecule is CCCCCCCCc1ccc(OCCOCCOCCOCCOCCOCCOCCOCCOCCOCCOCCNC(=O)COCC(=O)O)cc1. The predicted molar refractivity (Wildman–Crippen MR) is 209 cm³/mol. The molecular weight excluding hydrogens is 734 g/mol. The van der Waals surface area contributed by atoms with Gasteiger partial charge in [-0.1, -0.05) is 51.2 Å². The summed E-state index contributed by atoms with van der Waals surface area (Å²) >= 11 is 0. The van der Waals surface area contributed by atoms with Gasteiger partial charge < -0.3 is 67.3 Å². The molecule has 0 unspecified atom stereocenters. The van der Waals surface area contributed by atoms with Crippen molar-refractivity contribution in [2.75, 3.05) is 159 Å². The summed E-state index contributed by atoms with van der Waals surface area (Å²) in [6.07, 6.45) is 9.04. The molecule has 0 saturated heterocycles. The number of carbonyl (C=O) groups is 2. The second kappa shape index (κ2) is 42.1. The van der Waals surface area contributed by atoms with E-state index < -0.39 is 18.5 Å². The smallest absolute Gasteiger partial charge is 0.329 e. The number of amides is 1. The lowest BCUT2D eigenvalue weighted by Gasteiger charge is -2.09. The average Bonchev–Trinajstić information content (AvgIpc) is 3.19. The van der Waals surface area contributed by atoms with E-state index in [9.17, 15) is 9.59 Å². The molecule has 0 saturated carbocycles. The van der Waals surface area contributed by atoms with Gasteiger partial charge in [0, 0.05) is 6.54 Å². The largest absolute Gasteiger partial charge is 0.491 e. The number of nitrogens with one attached hydrogen (secondary N) is 1. The zero-order valence-electron chi connectivity index (χ0n) is 33.9. The molecule has 0 radical (unpaired) electrons. The third kappa shape index (κ3) is 38.4. The zero-order chi connectivity index (χ0) is 40.3. The van der Waals surface area contributed by atoms with Crippen molar-refractivity contribution in [1.29, 1.82) is 0 Å². The van der Waals surface area contributed by atoms with Crippen LogP contribution >= 0.6 is 0 Å². The van der Waals surface area contributed by atoms with Gasteiger partial charge in [-0.2, -0.15) is 0 Å². The lowest BCUT2D eigenvalue weighted by atomic mass is 10.0. The molecule has 0 fully saturated rings. The highest BCUT2D eigenvalue weighted by molar-refractivity contribution is 5.77. The van der Waals surface area contributed by atoms with Gasteiger partial charge in [-0.15, -0.1) is 0 Å². The maximum atomic E-state index is 11.4. The Kier molecular flexibility index (Phi) is 38.8. The Morgan fingerprint density at radius 2 is 0.839 bits per heavy atom. The molecular formula is C40H71NO15. The van der Waals surface area contributed by atoms with Crippen molar-refractivity contribution in [3.8, 4) is 5.75 Å². The number of hydrogen-bond acceptors (Lipinski definition) is 14. The van der Waals surface area contributed by atoms with Crippen LogP contribution in [0, 0.1) is 0 Å². The summed E-state index contributed by atoms with van der Waals surface area (Å²) in [4.78, 5) is 21.7. The predicted octanol–water partition coefficient (Wildman–Crippen LogP) is 3.35. The monoisotopic (exact) mass is 805 g/mol. The molecule has 0 spiro atoms. The van der Waals surface area contributed by atoms with Crippen molar-refractivity contribution < 1.29 is 71.5 Å². The molecule has 1 rings (SSSR count). The first-order valence-electron chi connectivity index (χ1n) is 20.2. The van der Waals surface area contributed by atoms with E-state index in [1.165, 1.54) is 44.1 Å². The quantitative estimate of drug-likeness (QED) is 0.0918. The first-order valence-corrected chi connectivity index (χ1v) is 20.2. The molecule has 0 heterocycles. The van der Waals surface area contributed by atoms with E-state index in [2.05, 4.69) is 29.1 Å². The summed E-state index contributed by atoms with van der Waals surface area (Å²) in [5, 5.41) is 11.0. The first kappa shape index (κ1) is 51.5. The molecule has 16 heteroatoms. The molecule has 1 aromatic rings. The normalized spacial score (nSPS) is 11.3. The summed E-state index contributed by atoms with van der Waals surface area (Å²) in [6.45, 7) is 11.6. The number of rotatable bonds is 45. The van der Waals surface area contributed by atoms with E-state index in [1.54, 1.807) is 0 Å². The lowest BCUT2D eigenvalue weighted by molar-refractivity contribution is -0.143. The molecule has 0 aliphatic rings. The molecule has 16 nitrogen and oxygen atoms in total. The van der Waals surface area contributed by atoms with Crippen molar-refractivity contribution in [3.05, 3.63) is 29.8 Å². The summed E-state index contributed by atoms with van der Waals surface area (Å²) in [7, 11) is 0. The molecule has 1 amide bonds. The van der Waals surface area contributed by atoms with Gasteiger partial charge in [0.05, 0.1) is 132 Å². The fraction of sp³-hybridized carbons (Fsp3) is 0.800. The first-order chi connectivity index (χ1) is 27.6. The van der Waals surface area contributed by atoms with E-state index in [1.807, 2.05) is 12.1 Å². The number of unbranched alkanes of at least 4 members (excludes halogenated alkanes) is 5. The standard InChI is InChI=1S/C40H71NO15/c1-2-3-4-5-6-7-8-37-9-11-38(12-10-37)56-34-33-54-32-31-53-30-29-52-28-27-51-26-25-50-24-23-49-22-21-48-20-19-47-18-17-46-16-15-45-14-13-41-39(42)35-55-36-40(43)44/h9-12H,2-8,13-36H2,1H3,(H,41,42)(H,43,44). The van der Waals surface area contributed by atoms with E-state index >= 15 is 0 Å². The Morgan fingerprint density at radius 1 is 0.464 bits per heavy atom. The van der Waals surface area contributed by atoms with Gasteiger partial charge in [0.25, 0.3) is 0 Å². The number of ether oxygens (including phenoxy) is 12. The van der Waals surface area contributed by atoms with Crippen molar-refractivity contribution in [3.63, 3.8) is 0 Å². The van der Waals surface area contributed by atoms with E-state index in [0.29, 0.717) is 145 Å². The Labute approximate surface area is 334 Å². The molecule has 56 heavy (non-hydrogen) atoms. The van der Waals surface area contributed by atoms with Gasteiger partial charge in [-0.3, -0.25) is 4.79 Å². The molecule has 0 atom stereocenters. The van der Waals surface area contributed by atoms with E-state index in [4.69, 9.17) is 57.2 Å². The van der Waals surface area contributed by atoms with Crippen LogP contribution in [-0.2, 0) is 68.1 Å². The number of aliphatic carboxylic acids is 1. The zero-order valence-corrected chi connectivity index (χ0v) is 33.9. The number of carboxylic acid groups (broad SMARTS) is 1. The maximum absolute atomic E-state index is 11.4. The number of aryl methyl sites for hydroxylation is 1. The molecule has 1 aromatic carbocycles. The maximum Gasteiger partial charge on any atom is 0.329 e. The van der Waals surface area contributed by atoms with Crippen LogP contribution in [0.1, 0.15) is 51.0 Å². The minimum Gasteiger partial charge on any atom is -0.491 e. The highest BCUT2D eigenvalue weighted by Crippen LogP contribution is 2.15. The van der Waals surface area contributed by atoms with Crippen LogP contribution in [0.3, 0.4) is 0 Å². The second-order valence-corrected chi connectivity index (χ2v) is 12.4. The van der Waals surface area contributed by atoms with Gasteiger partial charge in [-0.05, 0) is 30.5 Å². The summed E-state index contributed by atoms with van der Waals surface area (Å²) in [5.74, 6) is -0.644. The lowest BCUT2D eigenvalue weighted by Crippen LogP contribution is -2.31. The van der Waals surface area contributed by atoms with E-state index in [-0.39, 0.29) is 6.61 Å². The Morgan fingerprint density at radius 3 is 1.25 bits per heavy atom. The molecule has 326 valence electrons. The Balaban J connectivity index is 1.68. The summed E-state index contributed by atoms with van der Waals surface area (Å²) in [5.41, 5.74) is 1.37. The number of hydrogen-bond donors (Lipinski definition) is 2. The van der Waals surface area contributed by atoms with Gasteiger partial charge in [0.15, 0.2) is 0 Å². The number of carboxylic acids is 1. The van der Waals surface area contributed by atoms with Crippen LogP contribution < -0.4 is 10.1 Å². The highest BCUT2D eigenvalue weighted by Gasteiger charge is 2.03. The van der Waals surface area contributed by atoms with Gasteiger partial charge in [-0.25, -0.2) is 4.79 Å². The number of carbonyl (C=O) groups excluding carboxylic acids is 1. The van der Waals surface area contributed by atoms with Crippen LogP contribution in [0.5, 0.6) is 5.75 Å². The van der Waals surface area contributed by atoms with Crippen LogP contribution in [0.4, 0.5) is 0 Å². The van der Waals surface area contributed by atoms with Gasteiger partial charge in [0.1, 0.15) is 25.6 Å². The third-order valence-corrected chi connectivity index (χ3v) is 7.61. The average molecular weight is 806 g/mol. The van der Waals surface area contributed by atoms with Crippen LogP contribution in [-0.4, -0.2) is 175 Å². The molecule has 2 N–H and O–H groups in total. The van der Waals surface area contributed by atoms with E-state index in [0.717, 1.165) is 12.2 Å². The van der Waals surface area contributed by atoms with Crippen LogP contribution in [0.15, 0.2) is 24.3 Å². The minimum atomic E-state index is -1.12. The molecule has 0 aliphatic carbocycles. The summed E-state index contributed by atoms with van der Waals surface area (Å²) in [6, 6.07) is 8.41. The fourth-order valence-electron chi connectivity index (χ4n) is 4.71. The van der Waals surface area contributed by atoms with Gasteiger partial charge in [0.2, 0.25) is 5.91 Å². The van der Waals surface area contributed by atoms with Crippen molar-refractivity contribution in [2.45, 2.75) is 51.9 Å². The van der Waals surface area contributed by atoms with Crippen LogP contribution in [0.2, 0.25) is 0 Å². The number of benzene rings is 1. The molecule has 0 aliphatic heterocycles. The molecule has 0 bridgehead atoms. The highest BCUT2D eigenvalue weighted by atomic mass is 16.6. The van der Waals surface area contributed by atoms with Gasteiger partial charge >= 0.3 is 5.97 Å². The van der Waals surface area contributed by atoms with Crippen molar-refractivity contribution in [1.82, 2.24) is 5.32 Å². The topological polar surface area (TPSA) is 177 Å². The Hall–Kier alpha value is -2.48. The third-order valence-electron chi connectivity index (χ3n) is 7.61. The van der Waals surface area contributed by atoms with Crippen LogP contribution in [0.25, 0.3) is 0 Å². The summed E-state index contributed by atoms with van der Waals surface area (Å²) < 4.78 is 65.2. The van der Waals surface area contributed by atoms with Crippen molar-refractivity contribution >= 4 is 11.9 Å². The minimum absolute atomic E-state index is 0.300. The van der Waals surface area contributed by atoms with Crippen molar-refractivity contribution in [2.24, 2.45) is 0 Å². The molecule has 0 aromatic heterocycles. The fourth-order valence-corrected chi connectivity index (χ4v) is 4.71. The second-order valence-electron chi connectivity index (χ2n) is 12.4.